The third-order valence-corrected chi connectivity index (χ3v) is 12.6. The topological polar surface area (TPSA) is 187 Å². The lowest BCUT2D eigenvalue weighted by molar-refractivity contribution is 0.0977. The average Bonchev–Trinajstić information content (AvgIpc) is 3.11. The van der Waals surface area contributed by atoms with Gasteiger partial charge < -0.3 is 15.7 Å². The molecular formula is C40H42N2O9S2. The monoisotopic (exact) mass is 758 g/mol. The van der Waals surface area contributed by atoms with Crippen LogP contribution in [0.3, 0.4) is 0 Å². The molecule has 4 atom stereocenters. The van der Waals surface area contributed by atoms with Crippen LogP contribution in [-0.4, -0.2) is 54.7 Å². The minimum Gasteiger partial charge on any atom is -0.507 e. The van der Waals surface area contributed by atoms with Crippen LogP contribution >= 0.6 is 0 Å². The Bertz CT molecular complexity index is 2310. The number of carbonyl (C=O) groups excluding carboxylic acids is 2. The van der Waals surface area contributed by atoms with Crippen LogP contribution in [0.1, 0.15) is 94.3 Å². The molecule has 0 aromatic heterocycles. The van der Waals surface area contributed by atoms with E-state index < -0.39 is 26.0 Å². The zero-order chi connectivity index (χ0) is 37.5. The maximum absolute atomic E-state index is 14.2. The average molecular weight is 759 g/mol. The molecule has 0 heterocycles. The van der Waals surface area contributed by atoms with Crippen LogP contribution in [0.25, 0.3) is 0 Å². The van der Waals surface area contributed by atoms with E-state index in [4.69, 9.17) is 0 Å². The Hall–Kier alpha value is -4.56. The lowest BCUT2D eigenvalue weighted by atomic mass is 9.79. The van der Waals surface area contributed by atoms with Crippen molar-refractivity contribution >= 4 is 43.2 Å². The number of carbonyl (C=O) groups is 2. The molecule has 4 aromatic carbocycles. The summed E-state index contributed by atoms with van der Waals surface area (Å²) in [5.74, 6) is -0.612. The van der Waals surface area contributed by atoms with E-state index in [1.807, 2.05) is 24.3 Å². The second-order valence-electron chi connectivity index (χ2n) is 14.7. The van der Waals surface area contributed by atoms with Gasteiger partial charge in [0.05, 0.1) is 26.5 Å². The molecule has 2 saturated carbocycles. The highest BCUT2D eigenvalue weighted by Gasteiger charge is 2.37. The van der Waals surface area contributed by atoms with Gasteiger partial charge in [-0.2, -0.15) is 16.8 Å². The van der Waals surface area contributed by atoms with Gasteiger partial charge in [0.1, 0.15) is 5.75 Å². The summed E-state index contributed by atoms with van der Waals surface area (Å²) in [7, 11) is -8.63. The third-order valence-electron chi connectivity index (χ3n) is 10.9. The number of aromatic hydroxyl groups is 1. The Kier molecular flexibility index (Phi) is 10.2. The van der Waals surface area contributed by atoms with E-state index >= 15 is 0 Å². The fraction of sp³-hybridized carbons (Fsp3) is 0.350. The minimum atomic E-state index is -4.32. The smallest absolute Gasteiger partial charge is 0.294 e. The van der Waals surface area contributed by atoms with Crippen molar-refractivity contribution in [3.63, 3.8) is 0 Å². The summed E-state index contributed by atoms with van der Waals surface area (Å²) in [5, 5.41) is 17.9. The molecule has 278 valence electrons. The molecule has 0 amide bonds. The number of hydrogen-bond acceptors (Lipinski definition) is 9. The van der Waals surface area contributed by atoms with Crippen molar-refractivity contribution in [3.05, 3.63) is 112 Å². The highest BCUT2D eigenvalue weighted by molar-refractivity contribution is 7.86. The van der Waals surface area contributed by atoms with Gasteiger partial charge in [0.25, 0.3) is 20.2 Å². The van der Waals surface area contributed by atoms with Crippen LogP contribution in [-0.2, 0) is 33.1 Å². The number of anilines is 2. The zero-order valence-electron chi connectivity index (χ0n) is 29.0. The van der Waals surface area contributed by atoms with Crippen LogP contribution in [0.2, 0.25) is 0 Å². The largest absolute Gasteiger partial charge is 0.507 e. The van der Waals surface area contributed by atoms with E-state index in [1.54, 1.807) is 24.3 Å². The zero-order valence-corrected chi connectivity index (χ0v) is 30.6. The summed E-state index contributed by atoms with van der Waals surface area (Å²) in [6.45, 7) is 0. The van der Waals surface area contributed by atoms with Crippen LogP contribution in [0.5, 0.6) is 5.75 Å². The molecule has 3 aliphatic carbocycles. The van der Waals surface area contributed by atoms with Gasteiger partial charge in [0.15, 0.2) is 11.6 Å². The van der Waals surface area contributed by atoms with Crippen LogP contribution < -0.4 is 10.6 Å². The first kappa shape index (κ1) is 36.8. The maximum atomic E-state index is 14.2. The number of hydrogen-bond donors (Lipinski definition) is 5. The van der Waals surface area contributed by atoms with E-state index in [9.17, 15) is 40.6 Å². The van der Waals surface area contributed by atoms with Crippen molar-refractivity contribution in [2.75, 3.05) is 10.6 Å². The quantitative estimate of drug-likeness (QED) is 0.0916. The first-order valence-corrected chi connectivity index (χ1v) is 20.9. The van der Waals surface area contributed by atoms with Crippen molar-refractivity contribution in [2.45, 2.75) is 86.1 Å². The van der Waals surface area contributed by atoms with Gasteiger partial charge in [-0.05, 0) is 117 Å². The lowest BCUT2D eigenvalue weighted by Crippen LogP contribution is -2.32. The fourth-order valence-electron chi connectivity index (χ4n) is 8.53. The summed E-state index contributed by atoms with van der Waals surface area (Å²) in [4.78, 5) is 28.2. The number of ketones is 2. The molecule has 7 rings (SSSR count). The first-order valence-electron chi connectivity index (χ1n) is 18.0. The molecule has 4 unspecified atom stereocenters. The first-order chi connectivity index (χ1) is 25.2. The van der Waals surface area contributed by atoms with Crippen molar-refractivity contribution in [1.29, 1.82) is 0 Å². The van der Waals surface area contributed by atoms with Gasteiger partial charge in [0, 0.05) is 29.0 Å². The molecule has 0 saturated heterocycles. The SMILES string of the molecule is O=C1c2cccc(O)c2C(=O)c2c(NC3CCCC(Cc4cccc(S(=O)(=O)O)c4)C3)ccc(NC3CCCC(Cc4cccc(S(=O)(=O)O)c4)C3)c21. The summed E-state index contributed by atoms with van der Waals surface area (Å²) in [5.41, 5.74) is 3.27. The van der Waals surface area contributed by atoms with Crippen molar-refractivity contribution in [1.82, 2.24) is 0 Å². The van der Waals surface area contributed by atoms with Crippen molar-refractivity contribution < 1.29 is 40.6 Å². The molecule has 5 N–H and O–H groups in total. The van der Waals surface area contributed by atoms with Crippen LogP contribution in [0.15, 0.2) is 88.7 Å². The fourth-order valence-corrected chi connectivity index (χ4v) is 9.63. The minimum absolute atomic E-state index is 0.0182. The van der Waals surface area contributed by atoms with Crippen molar-refractivity contribution in [3.8, 4) is 5.75 Å². The number of benzene rings is 4. The van der Waals surface area contributed by atoms with E-state index in [-0.39, 0.29) is 67.5 Å². The Labute approximate surface area is 309 Å². The summed E-state index contributed by atoms with van der Waals surface area (Å²) in [6.07, 6.45) is 8.10. The Morgan fingerprint density at radius 1 is 0.585 bits per heavy atom. The molecule has 2 fully saturated rings. The second kappa shape index (κ2) is 14.7. The molecular weight excluding hydrogens is 717 g/mol. The number of phenolic OH excluding ortho intramolecular Hbond substituents is 1. The predicted octanol–water partition coefficient (Wildman–Crippen LogP) is 7.09. The van der Waals surface area contributed by atoms with E-state index in [2.05, 4.69) is 10.6 Å². The van der Waals surface area contributed by atoms with Gasteiger partial charge in [-0.1, -0.05) is 49.2 Å². The Morgan fingerprint density at radius 3 is 1.55 bits per heavy atom. The summed E-state index contributed by atoms with van der Waals surface area (Å²) < 4.78 is 65.8. The van der Waals surface area contributed by atoms with E-state index in [0.717, 1.165) is 62.5 Å². The third kappa shape index (κ3) is 8.03. The number of rotatable bonds is 10. The second-order valence-corrected chi connectivity index (χ2v) is 17.5. The molecule has 3 aliphatic rings. The van der Waals surface area contributed by atoms with Gasteiger partial charge in [-0.25, -0.2) is 0 Å². The molecule has 11 nitrogen and oxygen atoms in total. The van der Waals surface area contributed by atoms with Gasteiger partial charge >= 0.3 is 0 Å². The molecule has 0 bridgehead atoms. The van der Waals surface area contributed by atoms with Crippen LogP contribution in [0.4, 0.5) is 11.4 Å². The molecule has 53 heavy (non-hydrogen) atoms. The normalized spacial score (nSPS) is 21.8. The predicted molar refractivity (Wildman–Crippen MR) is 200 cm³/mol. The Balaban J connectivity index is 1.13. The molecule has 13 heteroatoms. The van der Waals surface area contributed by atoms with Gasteiger partial charge in [-0.3, -0.25) is 18.7 Å². The van der Waals surface area contributed by atoms with E-state index in [1.165, 1.54) is 30.3 Å². The van der Waals surface area contributed by atoms with Gasteiger partial charge in [-0.15, -0.1) is 0 Å². The number of fused-ring (bicyclic) bond motifs is 2. The molecule has 4 aromatic rings. The molecule has 0 radical (unpaired) electrons. The lowest BCUT2D eigenvalue weighted by Gasteiger charge is -2.34. The van der Waals surface area contributed by atoms with Crippen LogP contribution in [0, 0.1) is 11.8 Å². The highest BCUT2D eigenvalue weighted by Crippen LogP contribution is 2.42. The Morgan fingerprint density at radius 2 is 1.06 bits per heavy atom. The van der Waals surface area contributed by atoms with E-state index in [0.29, 0.717) is 24.2 Å². The molecule has 0 spiro atoms. The van der Waals surface area contributed by atoms with Crippen molar-refractivity contribution in [2.24, 2.45) is 11.8 Å². The summed E-state index contributed by atoms with van der Waals surface area (Å²) >= 11 is 0. The molecule has 0 aliphatic heterocycles. The number of phenols is 1. The standard InChI is InChI=1S/C40H42N2O9S2/c43-35-15-5-14-32-36(35)40(45)38-34(42-29-11-2-7-25(21-29)19-27-9-4-13-31(23-27)53(49,50)51)17-16-33(37(38)39(32)44)41-28-10-1-6-24(20-28)18-26-8-3-12-30(22-26)52(46,47)48/h3-5,8-9,12-17,22-25,28-29,41-43H,1-2,6-7,10-11,18-21H2,(H,46,47,48)(H,49,50,51). The number of nitrogens with one attached hydrogen (secondary N) is 2. The highest BCUT2D eigenvalue weighted by atomic mass is 32.2. The maximum Gasteiger partial charge on any atom is 0.294 e. The van der Waals surface area contributed by atoms with Gasteiger partial charge in [0.2, 0.25) is 0 Å². The summed E-state index contributed by atoms with van der Waals surface area (Å²) in [6, 6.07) is 20.8.